The highest BCUT2D eigenvalue weighted by Gasteiger charge is 2.16. The van der Waals surface area contributed by atoms with E-state index in [2.05, 4.69) is 27.8 Å². The second-order valence-corrected chi connectivity index (χ2v) is 7.63. The normalized spacial score (nSPS) is 15.1. The number of aryl methyl sites for hydroxylation is 2. The summed E-state index contributed by atoms with van der Waals surface area (Å²) >= 11 is 0. The van der Waals surface area contributed by atoms with Gasteiger partial charge in [0.2, 0.25) is 0 Å². The summed E-state index contributed by atoms with van der Waals surface area (Å²) in [5.41, 5.74) is 4.65. The lowest BCUT2D eigenvalue weighted by atomic mass is 10.1. The molecule has 146 valence electrons. The van der Waals surface area contributed by atoms with Gasteiger partial charge in [-0.1, -0.05) is 24.1 Å². The zero-order valence-electron chi connectivity index (χ0n) is 16.7. The Balaban J connectivity index is 1.56. The Morgan fingerprint density at radius 1 is 1.07 bits per heavy atom. The van der Waals surface area contributed by atoms with Crippen LogP contribution in [0.25, 0.3) is 11.0 Å². The molecule has 4 rings (SSSR count). The van der Waals surface area contributed by atoms with Crippen molar-refractivity contribution in [2.75, 3.05) is 18.4 Å². The van der Waals surface area contributed by atoms with Crippen LogP contribution in [0.4, 0.5) is 5.69 Å². The fourth-order valence-corrected chi connectivity index (χ4v) is 3.96. The molecule has 1 saturated heterocycles. The van der Waals surface area contributed by atoms with Gasteiger partial charge in [-0.15, -0.1) is 0 Å². The molecule has 0 atom stereocenters. The van der Waals surface area contributed by atoms with Crippen molar-refractivity contribution in [2.24, 2.45) is 0 Å². The van der Waals surface area contributed by atoms with E-state index in [0.717, 1.165) is 54.3 Å². The van der Waals surface area contributed by atoms with E-state index in [0.29, 0.717) is 5.56 Å². The van der Waals surface area contributed by atoms with E-state index in [9.17, 15) is 4.79 Å². The minimum atomic E-state index is -0.0946. The predicted octanol–water partition coefficient (Wildman–Crippen LogP) is 4.60. The maximum atomic E-state index is 12.5. The number of aromatic nitrogens is 2. The van der Waals surface area contributed by atoms with Crippen LogP contribution in [0.5, 0.6) is 0 Å². The molecule has 5 nitrogen and oxygen atoms in total. The van der Waals surface area contributed by atoms with Gasteiger partial charge in [-0.3, -0.25) is 9.69 Å². The van der Waals surface area contributed by atoms with Crippen LogP contribution in [0.15, 0.2) is 42.5 Å². The largest absolute Gasteiger partial charge is 0.327 e. The van der Waals surface area contributed by atoms with Gasteiger partial charge in [0, 0.05) is 17.8 Å². The van der Waals surface area contributed by atoms with Crippen molar-refractivity contribution in [3.8, 4) is 0 Å². The molecule has 0 radical (unpaired) electrons. The van der Waals surface area contributed by atoms with Gasteiger partial charge in [-0.25, -0.2) is 4.98 Å². The number of anilines is 1. The molecular formula is C23H28N4O. The fourth-order valence-electron chi connectivity index (χ4n) is 3.96. The van der Waals surface area contributed by atoms with Crippen molar-refractivity contribution in [1.29, 1.82) is 0 Å². The quantitative estimate of drug-likeness (QED) is 0.708. The van der Waals surface area contributed by atoms with Crippen molar-refractivity contribution in [2.45, 2.75) is 46.2 Å². The molecule has 1 amide bonds. The first kappa shape index (κ1) is 18.7. The summed E-state index contributed by atoms with van der Waals surface area (Å²) in [4.78, 5) is 19.9. The molecule has 1 aliphatic rings. The number of imidazole rings is 1. The minimum Gasteiger partial charge on any atom is -0.327 e. The van der Waals surface area contributed by atoms with Gasteiger partial charge < -0.3 is 9.88 Å². The van der Waals surface area contributed by atoms with Crippen molar-refractivity contribution >= 4 is 22.6 Å². The summed E-state index contributed by atoms with van der Waals surface area (Å²) < 4.78 is 2.29. The van der Waals surface area contributed by atoms with Gasteiger partial charge >= 0.3 is 0 Å². The highest BCUT2D eigenvalue weighted by Crippen LogP contribution is 2.23. The molecule has 1 aromatic heterocycles. The maximum Gasteiger partial charge on any atom is 0.255 e. The second kappa shape index (κ2) is 8.15. The number of carbonyl (C=O) groups excluding carboxylic acids is 1. The molecular weight excluding hydrogens is 348 g/mol. The Kier molecular flexibility index (Phi) is 5.44. The Hall–Kier alpha value is -2.66. The maximum absolute atomic E-state index is 12.5. The third-order valence-electron chi connectivity index (χ3n) is 5.53. The highest BCUT2D eigenvalue weighted by atomic mass is 16.1. The van der Waals surface area contributed by atoms with Crippen LogP contribution < -0.4 is 5.32 Å². The van der Waals surface area contributed by atoms with E-state index in [-0.39, 0.29) is 5.91 Å². The summed E-state index contributed by atoms with van der Waals surface area (Å²) in [6, 6.07) is 13.6. The van der Waals surface area contributed by atoms with E-state index >= 15 is 0 Å². The summed E-state index contributed by atoms with van der Waals surface area (Å²) in [7, 11) is 0. The topological polar surface area (TPSA) is 50.2 Å². The first-order valence-electron chi connectivity index (χ1n) is 10.2. The molecule has 2 aromatic carbocycles. The number of hydrogen-bond acceptors (Lipinski definition) is 3. The number of nitrogens with zero attached hydrogens (tertiary/aromatic N) is 3. The number of fused-ring (bicyclic) bond motifs is 1. The number of rotatable bonds is 5. The molecule has 2 heterocycles. The van der Waals surface area contributed by atoms with E-state index in [4.69, 9.17) is 4.98 Å². The van der Waals surface area contributed by atoms with Crippen molar-refractivity contribution in [3.05, 3.63) is 59.4 Å². The predicted molar refractivity (Wildman–Crippen MR) is 114 cm³/mol. The Labute approximate surface area is 166 Å². The number of nitrogens with one attached hydrogen (secondary N) is 1. The lowest BCUT2D eigenvalue weighted by Crippen LogP contribution is -2.30. The van der Waals surface area contributed by atoms with E-state index < -0.39 is 0 Å². The third kappa shape index (κ3) is 3.94. The van der Waals surface area contributed by atoms with Crippen LogP contribution in [0.3, 0.4) is 0 Å². The number of hydrogen-bond donors (Lipinski definition) is 1. The molecule has 3 aromatic rings. The molecule has 0 saturated carbocycles. The van der Waals surface area contributed by atoms with E-state index in [1.165, 1.54) is 19.3 Å². The molecule has 0 spiro atoms. The van der Waals surface area contributed by atoms with Gasteiger partial charge in [-0.05, 0) is 70.1 Å². The van der Waals surface area contributed by atoms with E-state index in [1.54, 1.807) is 0 Å². The summed E-state index contributed by atoms with van der Waals surface area (Å²) in [6.07, 6.45) is 3.90. The molecule has 1 N–H and O–H groups in total. The average Bonchev–Trinajstić information content (AvgIpc) is 3.05. The smallest absolute Gasteiger partial charge is 0.255 e. The Morgan fingerprint density at radius 2 is 1.82 bits per heavy atom. The molecule has 28 heavy (non-hydrogen) atoms. The molecule has 5 heteroatoms. The number of piperidine rings is 1. The van der Waals surface area contributed by atoms with Gasteiger partial charge in [0.25, 0.3) is 5.91 Å². The molecule has 0 aliphatic carbocycles. The van der Waals surface area contributed by atoms with Crippen LogP contribution >= 0.6 is 0 Å². The van der Waals surface area contributed by atoms with Crippen molar-refractivity contribution in [3.63, 3.8) is 0 Å². The molecule has 1 aliphatic heterocycles. The third-order valence-corrected chi connectivity index (χ3v) is 5.53. The van der Waals surface area contributed by atoms with E-state index in [1.807, 2.05) is 43.3 Å². The van der Waals surface area contributed by atoms with Crippen LogP contribution in [-0.2, 0) is 13.1 Å². The molecule has 0 unspecified atom stereocenters. The number of likely N-dealkylation sites (tertiary alicyclic amines) is 1. The van der Waals surface area contributed by atoms with Gasteiger partial charge in [0.05, 0.1) is 17.6 Å². The first-order chi connectivity index (χ1) is 13.6. The molecule has 1 fully saturated rings. The number of benzene rings is 2. The lowest BCUT2D eigenvalue weighted by Gasteiger charge is -2.26. The van der Waals surface area contributed by atoms with Crippen LogP contribution in [0.2, 0.25) is 0 Å². The summed E-state index contributed by atoms with van der Waals surface area (Å²) in [6.45, 7) is 8.28. The zero-order chi connectivity index (χ0) is 19.5. The Morgan fingerprint density at radius 3 is 2.54 bits per heavy atom. The first-order valence-corrected chi connectivity index (χ1v) is 10.2. The van der Waals surface area contributed by atoms with Crippen LogP contribution in [0.1, 0.15) is 47.9 Å². The Bertz CT molecular complexity index is 968. The average molecular weight is 377 g/mol. The molecule has 0 bridgehead atoms. The van der Waals surface area contributed by atoms with Gasteiger partial charge in [0.15, 0.2) is 0 Å². The van der Waals surface area contributed by atoms with Gasteiger partial charge in [0.1, 0.15) is 5.82 Å². The minimum absolute atomic E-state index is 0.0946. The van der Waals surface area contributed by atoms with Crippen LogP contribution in [0, 0.1) is 6.92 Å². The van der Waals surface area contributed by atoms with Crippen molar-refractivity contribution in [1.82, 2.24) is 14.5 Å². The number of amides is 1. The lowest BCUT2D eigenvalue weighted by molar-refractivity contribution is 0.102. The monoisotopic (exact) mass is 376 g/mol. The summed E-state index contributed by atoms with van der Waals surface area (Å²) in [5.74, 6) is 1.02. The fraction of sp³-hybridized carbons (Fsp3) is 0.391. The van der Waals surface area contributed by atoms with Crippen molar-refractivity contribution < 1.29 is 4.79 Å². The zero-order valence-corrected chi connectivity index (χ0v) is 16.7. The highest BCUT2D eigenvalue weighted by molar-refractivity contribution is 6.05. The van der Waals surface area contributed by atoms with Gasteiger partial charge in [-0.2, -0.15) is 0 Å². The second-order valence-electron chi connectivity index (χ2n) is 7.63. The number of carbonyl (C=O) groups is 1. The standard InChI is InChI=1S/C23H28N4O/c1-3-27-21-12-11-19(24-23(28)18-9-7-17(2)8-10-18)15-20(21)25-22(27)16-26-13-5-4-6-14-26/h7-12,15H,3-6,13-14,16H2,1-2H3,(H,24,28). The van der Waals surface area contributed by atoms with Crippen LogP contribution in [-0.4, -0.2) is 33.4 Å². The summed E-state index contributed by atoms with van der Waals surface area (Å²) in [5, 5.41) is 3.00. The SMILES string of the molecule is CCn1c(CN2CCCCC2)nc2cc(NC(=O)c3ccc(C)cc3)ccc21.